The van der Waals surface area contributed by atoms with E-state index < -0.39 is 4.92 Å². The van der Waals surface area contributed by atoms with E-state index in [1.54, 1.807) is 11.4 Å². The van der Waals surface area contributed by atoms with Crippen LogP contribution in [-0.2, 0) is 0 Å². The lowest BCUT2D eigenvalue weighted by Gasteiger charge is -1.97. The van der Waals surface area contributed by atoms with E-state index in [0.717, 1.165) is 0 Å². The van der Waals surface area contributed by atoms with Gasteiger partial charge in [0, 0.05) is 28.6 Å². The predicted molar refractivity (Wildman–Crippen MR) is 60.8 cm³/mol. The summed E-state index contributed by atoms with van der Waals surface area (Å²) < 4.78 is 0. The molecule has 1 aromatic heterocycles. The molecule has 5 heteroatoms. The summed E-state index contributed by atoms with van der Waals surface area (Å²) in [7, 11) is 0. The number of thiophene rings is 1. The normalized spacial score (nSPS) is 10.0. The molecule has 0 spiro atoms. The van der Waals surface area contributed by atoms with E-state index in [1.807, 2.05) is 5.38 Å². The van der Waals surface area contributed by atoms with E-state index in [1.165, 1.54) is 35.6 Å². The second kappa shape index (κ2) is 4.24. The van der Waals surface area contributed by atoms with Crippen LogP contribution in [0.4, 0.5) is 5.69 Å². The molecule has 0 saturated heterocycles. The Balaban J connectivity index is 2.29. The van der Waals surface area contributed by atoms with Crippen LogP contribution in [0.5, 0.6) is 0 Å². The Kier molecular flexibility index (Phi) is 2.78. The summed E-state index contributed by atoms with van der Waals surface area (Å²) in [5.41, 5.74) is 1.06. The van der Waals surface area contributed by atoms with Crippen LogP contribution in [-0.4, -0.2) is 10.7 Å². The van der Waals surface area contributed by atoms with E-state index in [0.29, 0.717) is 11.1 Å². The lowest BCUT2D eigenvalue weighted by Crippen LogP contribution is -1.99. The fourth-order valence-electron chi connectivity index (χ4n) is 1.29. The molecule has 0 N–H and O–H groups in total. The van der Waals surface area contributed by atoms with Gasteiger partial charge in [-0.1, -0.05) is 0 Å². The molecule has 0 bridgehead atoms. The van der Waals surface area contributed by atoms with Gasteiger partial charge in [-0.05, 0) is 23.6 Å². The first-order valence-corrected chi connectivity index (χ1v) is 5.44. The Morgan fingerprint density at radius 2 is 1.81 bits per heavy atom. The van der Waals surface area contributed by atoms with Crippen molar-refractivity contribution in [3.05, 3.63) is 62.3 Å². The highest BCUT2D eigenvalue weighted by molar-refractivity contribution is 7.08. The van der Waals surface area contributed by atoms with Crippen molar-refractivity contribution in [1.82, 2.24) is 0 Å². The van der Waals surface area contributed by atoms with Crippen LogP contribution in [0.3, 0.4) is 0 Å². The summed E-state index contributed by atoms with van der Waals surface area (Å²) in [6.45, 7) is 0. The molecule has 0 unspecified atom stereocenters. The van der Waals surface area contributed by atoms with Crippen molar-refractivity contribution in [2.45, 2.75) is 0 Å². The number of non-ortho nitro benzene ring substituents is 1. The maximum atomic E-state index is 11.8. The van der Waals surface area contributed by atoms with Crippen LogP contribution in [0.2, 0.25) is 0 Å². The third kappa shape index (κ3) is 1.99. The fraction of sp³-hybridized carbons (Fsp3) is 0. The van der Waals surface area contributed by atoms with Crippen molar-refractivity contribution in [2.24, 2.45) is 0 Å². The van der Waals surface area contributed by atoms with Gasteiger partial charge in [-0.3, -0.25) is 14.9 Å². The molecule has 2 aromatic rings. The molecule has 0 atom stereocenters. The molecule has 0 saturated carbocycles. The van der Waals surface area contributed by atoms with Gasteiger partial charge in [0.1, 0.15) is 0 Å². The Labute approximate surface area is 95.3 Å². The number of nitro benzene ring substituents is 1. The second-order valence-electron chi connectivity index (χ2n) is 3.15. The third-order valence-corrected chi connectivity index (χ3v) is 2.81. The summed E-state index contributed by atoms with van der Waals surface area (Å²) in [4.78, 5) is 21.8. The molecular formula is C11H7NO3S. The molecule has 1 aromatic carbocycles. The largest absolute Gasteiger partial charge is 0.289 e. The predicted octanol–water partition coefficient (Wildman–Crippen LogP) is 2.89. The van der Waals surface area contributed by atoms with Gasteiger partial charge in [0.25, 0.3) is 5.69 Å². The van der Waals surface area contributed by atoms with Gasteiger partial charge in [-0.15, -0.1) is 0 Å². The lowest BCUT2D eigenvalue weighted by atomic mass is 10.1. The number of carbonyl (C=O) groups is 1. The number of hydrogen-bond donors (Lipinski definition) is 0. The quantitative estimate of drug-likeness (QED) is 0.465. The van der Waals surface area contributed by atoms with E-state index in [-0.39, 0.29) is 11.5 Å². The van der Waals surface area contributed by atoms with Crippen molar-refractivity contribution in [3.8, 4) is 0 Å². The van der Waals surface area contributed by atoms with Crippen molar-refractivity contribution >= 4 is 22.8 Å². The highest BCUT2D eigenvalue weighted by Crippen LogP contribution is 2.16. The SMILES string of the molecule is O=C(c1ccc([N+](=O)[O-])cc1)c1ccsc1. The van der Waals surface area contributed by atoms with Crippen LogP contribution in [0.1, 0.15) is 15.9 Å². The number of hydrogen-bond acceptors (Lipinski definition) is 4. The Bertz CT molecular complexity index is 517. The summed E-state index contributed by atoms with van der Waals surface area (Å²) in [5.74, 6) is -0.115. The fourth-order valence-corrected chi connectivity index (χ4v) is 1.93. The molecule has 0 radical (unpaired) electrons. The summed E-state index contributed by atoms with van der Waals surface area (Å²) in [5, 5.41) is 14.0. The van der Waals surface area contributed by atoms with Crippen LogP contribution in [0.15, 0.2) is 41.1 Å². The summed E-state index contributed by atoms with van der Waals surface area (Å²) in [6, 6.07) is 7.34. The highest BCUT2D eigenvalue weighted by atomic mass is 32.1. The van der Waals surface area contributed by atoms with E-state index in [9.17, 15) is 14.9 Å². The molecular weight excluding hydrogens is 226 g/mol. The average Bonchev–Trinajstić information content (AvgIpc) is 2.81. The molecule has 1 heterocycles. The van der Waals surface area contributed by atoms with Crippen LogP contribution in [0, 0.1) is 10.1 Å². The van der Waals surface area contributed by atoms with Gasteiger partial charge in [-0.25, -0.2) is 0 Å². The van der Waals surface area contributed by atoms with Gasteiger partial charge in [-0.2, -0.15) is 11.3 Å². The molecule has 0 fully saturated rings. The minimum Gasteiger partial charge on any atom is -0.289 e. The van der Waals surface area contributed by atoms with Gasteiger partial charge < -0.3 is 0 Å². The van der Waals surface area contributed by atoms with Crippen LogP contribution >= 0.6 is 11.3 Å². The first kappa shape index (κ1) is 10.5. The maximum absolute atomic E-state index is 11.8. The Morgan fingerprint density at radius 1 is 1.12 bits per heavy atom. The number of benzene rings is 1. The highest BCUT2D eigenvalue weighted by Gasteiger charge is 2.11. The minimum atomic E-state index is -0.487. The van der Waals surface area contributed by atoms with Gasteiger partial charge >= 0.3 is 0 Å². The maximum Gasteiger partial charge on any atom is 0.269 e. The molecule has 16 heavy (non-hydrogen) atoms. The zero-order valence-corrected chi connectivity index (χ0v) is 8.94. The van der Waals surface area contributed by atoms with Crippen molar-refractivity contribution in [1.29, 1.82) is 0 Å². The van der Waals surface area contributed by atoms with Crippen molar-refractivity contribution in [3.63, 3.8) is 0 Å². The molecule has 0 aliphatic rings. The third-order valence-electron chi connectivity index (χ3n) is 2.12. The van der Waals surface area contributed by atoms with E-state index in [2.05, 4.69) is 0 Å². The van der Waals surface area contributed by atoms with Crippen molar-refractivity contribution < 1.29 is 9.72 Å². The smallest absolute Gasteiger partial charge is 0.269 e. The molecule has 0 aliphatic heterocycles. The topological polar surface area (TPSA) is 60.2 Å². The first-order valence-electron chi connectivity index (χ1n) is 4.50. The van der Waals surface area contributed by atoms with E-state index >= 15 is 0 Å². The minimum absolute atomic E-state index is 0.0122. The van der Waals surface area contributed by atoms with E-state index in [4.69, 9.17) is 0 Å². The molecule has 0 amide bonds. The monoisotopic (exact) mass is 233 g/mol. The molecule has 80 valence electrons. The summed E-state index contributed by atoms with van der Waals surface area (Å²) >= 11 is 1.44. The number of rotatable bonds is 3. The van der Waals surface area contributed by atoms with Crippen molar-refractivity contribution in [2.75, 3.05) is 0 Å². The molecule has 2 rings (SSSR count). The van der Waals surface area contributed by atoms with Gasteiger partial charge in [0.15, 0.2) is 5.78 Å². The lowest BCUT2D eigenvalue weighted by molar-refractivity contribution is -0.384. The molecule has 0 aliphatic carbocycles. The summed E-state index contributed by atoms with van der Waals surface area (Å²) in [6.07, 6.45) is 0. The average molecular weight is 233 g/mol. The zero-order chi connectivity index (χ0) is 11.5. The van der Waals surface area contributed by atoms with Crippen LogP contribution < -0.4 is 0 Å². The Morgan fingerprint density at radius 3 is 2.31 bits per heavy atom. The first-order chi connectivity index (χ1) is 7.68. The standard InChI is InChI=1S/C11H7NO3S/c13-11(9-5-6-16-7-9)8-1-3-10(4-2-8)12(14)15/h1-7H. The van der Waals surface area contributed by atoms with Gasteiger partial charge in [0.2, 0.25) is 0 Å². The second-order valence-corrected chi connectivity index (χ2v) is 3.93. The number of ketones is 1. The number of nitrogens with zero attached hydrogens (tertiary/aromatic N) is 1. The van der Waals surface area contributed by atoms with Gasteiger partial charge in [0.05, 0.1) is 4.92 Å². The zero-order valence-electron chi connectivity index (χ0n) is 8.12. The number of carbonyl (C=O) groups excluding carboxylic acids is 1. The number of nitro groups is 1. The van der Waals surface area contributed by atoms with Crippen LogP contribution in [0.25, 0.3) is 0 Å². The Hall–Kier alpha value is -2.01. The molecule has 4 nitrogen and oxygen atoms in total.